The molecule has 0 amide bonds. The van der Waals surface area contributed by atoms with Gasteiger partial charge in [-0.3, -0.25) is 0 Å². The molecule has 0 aliphatic carbocycles. The predicted molar refractivity (Wildman–Crippen MR) is 85.1 cm³/mol. The van der Waals surface area contributed by atoms with Crippen molar-refractivity contribution in [3.05, 3.63) is 11.8 Å². The van der Waals surface area contributed by atoms with Crippen molar-refractivity contribution in [3.63, 3.8) is 0 Å². The van der Waals surface area contributed by atoms with Gasteiger partial charge in [0.2, 0.25) is 0 Å². The van der Waals surface area contributed by atoms with E-state index in [1.165, 1.54) is 18.0 Å². The third-order valence-corrected chi connectivity index (χ3v) is 6.19. The molecule has 1 aliphatic rings. The van der Waals surface area contributed by atoms with Crippen LogP contribution in [0.2, 0.25) is 4.71 Å². The first-order valence-electron chi connectivity index (χ1n) is 7.18. The van der Waals surface area contributed by atoms with Crippen molar-refractivity contribution in [2.75, 3.05) is 19.5 Å². The first-order chi connectivity index (χ1) is 10.6. The van der Waals surface area contributed by atoms with E-state index in [1.807, 2.05) is 6.26 Å². The van der Waals surface area contributed by atoms with Crippen LogP contribution in [-0.4, -0.2) is 62.6 Å². The molecule has 0 bridgehead atoms. The zero-order chi connectivity index (χ0) is 15.9. The van der Waals surface area contributed by atoms with Crippen molar-refractivity contribution in [1.82, 2.24) is 9.97 Å². The molecule has 1 N–H and O–H groups in total. The van der Waals surface area contributed by atoms with Gasteiger partial charge in [-0.25, -0.2) is 0 Å². The molecular weight excluding hydrogens is 367 g/mol. The number of aromatic carboxylic acids is 1. The molecule has 121 valence electrons. The molecule has 1 aliphatic heterocycles. The van der Waals surface area contributed by atoms with Crippen molar-refractivity contribution in [3.8, 4) is 0 Å². The number of hydrogen-bond acceptors (Lipinski definition) is 6. The zero-order valence-electron chi connectivity index (χ0n) is 12.7. The van der Waals surface area contributed by atoms with Gasteiger partial charge in [-0.15, -0.1) is 0 Å². The van der Waals surface area contributed by atoms with Gasteiger partial charge in [-0.2, -0.15) is 0 Å². The Morgan fingerprint density at radius 3 is 3.09 bits per heavy atom. The fourth-order valence-corrected chi connectivity index (χ4v) is 4.67. The van der Waals surface area contributed by atoms with Gasteiger partial charge in [0.05, 0.1) is 0 Å². The van der Waals surface area contributed by atoms with Crippen LogP contribution in [-0.2, 0) is 9.47 Å². The Balaban J connectivity index is 1.94. The van der Waals surface area contributed by atoms with Crippen molar-refractivity contribution in [2.45, 2.75) is 42.3 Å². The maximum atomic E-state index is 11.3. The molecule has 6 nitrogen and oxygen atoms in total. The summed E-state index contributed by atoms with van der Waals surface area (Å²) in [6.45, 7) is 3.40. The van der Waals surface area contributed by atoms with Crippen molar-refractivity contribution in [1.29, 1.82) is 0 Å². The number of rotatable bonds is 7. The van der Waals surface area contributed by atoms with E-state index >= 15 is 0 Å². The quantitative estimate of drug-likeness (QED) is 0.432. The Labute approximate surface area is 141 Å². The van der Waals surface area contributed by atoms with E-state index < -0.39 is 21.7 Å². The van der Waals surface area contributed by atoms with Crippen LogP contribution in [0, 0.1) is 0 Å². The molecule has 0 saturated carbocycles. The van der Waals surface area contributed by atoms with Crippen molar-refractivity contribution in [2.24, 2.45) is 0 Å². The van der Waals surface area contributed by atoms with E-state index in [0.717, 1.165) is 25.9 Å². The van der Waals surface area contributed by atoms with E-state index in [-0.39, 0.29) is 16.6 Å². The van der Waals surface area contributed by atoms with Crippen LogP contribution in [0.4, 0.5) is 0 Å². The second-order valence-electron chi connectivity index (χ2n) is 5.01. The predicted octanol–water partition coefficient (Wildman–Crippen LogP) is 1.58. The zero-order valence-corrected chi connectivity index (χ0v) is 15.4. The van der Waals surface area contributed by atoms with Gasteiger partial charge in [-0.1, -0.05) is 0 Å². The summed E-state index contributed by atoms with van der Waals surface area (Å²) < 4.78 is 12.2. The van der Waals surface area contributed by atoms with Crippen LogP contribution in [0.3, 0.4) is 0 Å². The van der Waals surface area contributed by atoms with Crippen LogP contribution >= 0.6 is 11.8 Å². The first-order valence-corrected chi connectivity index (χ1v) is 10.4. The monoisotopic (exact) mass is 387 g/mol. The molecule has 1 saturated heterocycles. The Bertz CT molecular complexity index is 512. The summed E-state index contributed by atoms with van der Waals surface area (Å²) in [7, 11) is 0. The number of hydrogen-bond donors (Lipinski definition) is 1. The molecular formula is C14H20AsN2O4S. The summed E-state index contributed by atoms with van der Waals surface area (Å²) in [4.78, 5) is 19.7. The molecule has 22 heavy (non-hydrogen) atoms. The number of thioether (sulfide) groups is 1. The minimum absolute atomic E-state index is 0.108. The third-order valence-electron chi connectivity index (χ3n) is 3.16. The van der Waals surface area contributed by atoms with Gasteiger partial charge in [0.1, 0.15) is 0 Å². The fourth-order valence-electron chi connectivity index (χ4n) is 2.04. The number of aromatic nitrogens is 2. The third kappa shape index (κ3) is 5.23. The van der Waals surface area contributed by atoms with Crippen LogP contribution in [0.1, 0.15) is 36.5 Å². The number of carboxylic acid groups (broad SMARTS) is 1. The average molecular weight is 387 g/mol. The van der Waals surface area contributed by atoms with Crippen molar-refractivity contribution >= 4 is 38.0 Å². The van der Waals surface area contributed by atoms with E-state index in [9.17, 15) is 9.90 Å². The molecule has 1 radical (unpaired) electrons. The average Bonchev–Trinajstić information content (AvgIpc) is 2.53. The minimum atomic E-state index is -0.971. The maximum absolute atomic E-state index is 11.3. The second kappa shape index (κ2) is 8.87. The number of nitrogens with zero attached hydrogens (tertiary/aromatic N) is 2. The molecule has 2 heterocycles. The van der Waals surface area contributed by atoms with E-state index in [1.54, 1.807) is 0 Å². The van der Waals surface area contributed by atoms with E-state index in [0.29, 0.717) is 16.2 Å². The van der Waals surface area contributed by atoms with Gasteiger partial charge in [0, 0.05) is 0 Å². The Morgan fingerprint density at radius 2 is 2.45 bits per heavy atom. The van der Waals surface area contributed by atoms with Crippen LogP contribution < -0.4 is 4.48 Å². The van der Waals surface area contributed by atoms with Gasteiger partial charge in [0.25, 0.3) is 0 Å². The number of carbonyl (C=O) groups is 1. The molecule has 0 aromatic carbocycles. The van der Waals surface area contributed by atoms with Crippen LogP contribution in [0.25, 0.3) is 0 Å². The normalized spacial score (nSPS) is 20.4. The molecule has 1 unspecified atom stereocenters. The molecule has 2 atom stereocenters. The van der Waals surface area contributed by atoms with Crippen LogP contribution in [0.5, 0.6) is 0 Å². The molecule has 1 aromatic heterocycles. The first kappa shape index (κ1) is 17.7. The Morgan fingerprint density at radius 1 is 1.64 bits per heavy atom. The molecule has 1 aromatic rings. The molecule has 8 heteroatoms. The summed E-state index contributed by atoms with van der Waals surface area (Å²) in [5, 5.41) is 9.86. The standard InChI is InChI=1S/C14H20AsN2O4S/c1-9(8-21-11-5-3-4-6-20-11)15-12-10(13(18)19)7-16-14(17-12)22-2/h7,9,11H,3-6,8H2,1-2H3,(H,18,19)/t9-,11?/m1/s1. The molecule has 2 rings (SSSR count). The molecule has 0 spiro atoms. The topological polar surface area (TPSA) is 81.5 Å². The van der Waals surface area contributed by atoms with E-state index in [2.05, 4.69) is 16.9 Å². The SMILES string of the molecule is CSc1ncc(C(=O)O)c([As][C@H](C)COC2CCCCO2)n1. The molecule has 1 fully saturated rings. The van der Waals surface area contributed by atoms with Gasteiger partial charge < -0.3 is 0 Å². The summed E-state index contributed by atoms with van der Waals surface area (Å²) in [5.41, 5.74) is 0.207. The van der Waals surface area contributed by atoms with Crippen molar-refractivity contribution < 1.29 is 19.4 Å². The number of carboxylic acids is 1. The Kier molecular flexibility index (Phi) is 7.14. The summed E-state index contributed by atoms with van der Waals surface area (Å²) >= 11 is 1.01. The summed E-state index contributed by atoms with van der Waals surface area (Å²) in [5.74, 6) is -0.971. The van der Waals surface area contributed by atoms with Gasteiger partial charge in [-0.05, 0) is 0 Å². The summed E-state index contributed by atoms with van der Waals surface area (Å²) in [6.07, 6.45) is 6.35. The number of ether oxygens (including phenoxy) is 2. The van der Waals surface area contributed by atoms with Crippen LogP contribution in [0.15, 0.2) is 11.4 Å². The second-order valence-corrected chi connectivity index (χ2v) is 9.06. The van der Waals surface area contributed by atoms with Gasteiger partial charge >= 0.3 is 141 Å². The van der Waals surface area contributed by atoms with E-state index in [4.69, 9.17) is 9.47 Å². The fraction of sp³-hybridized carbons (Fsp3) is 0.643. The summed E-state index contributed by atoms with van der Waals surface area (Å²) in [6, 6.07) is 0. The Hall–Kier alpha value is -0.622. The van der Waals surface area contributed by atoms with Gasteiger partial charge in [0.15, 0.2) is 0 Å².